The summed E-state index contributed by atoms with van der Waals surface area (Å²) in [4.78, 5) is 49.8. The number of carbonyl (C=O) groups excluding carboxylic acids is 2. The zero-order valence-electron chi connectivity index (χ0n) is 27.8. The van der Waals surface area contributed by atoms with Crippen molar-refractivity contribution in [2.24, 2.45) is 0 Å². The van der Waals surface area contributed by atoms with E-state index in [0.29, 0.717) is 12.8 Å². The molecule has 48 heavy (non-hydrogen) atoms. The van der Waals surface area contributed by atoms with E-state index >= 15 is 0 Å². The van der Waals surface area contributed by atoms with E-state index in [1.807, 2.05) is 44.3 Å². The summed E-state index contributed by atoms with van der Waals surface area (Å²) in [5.41, 5.74) is 13.4. The summed E-state index contributed by atoms with van der Waals surface area (Å²) in [6.45, 7) is 8.33. The second kappa shape index (κ2) is 13.0. The van der Waals surface area contributed by atoms with Crippen LogP contribution < -0.4 is 9.97 Å². The van der Waals surface area contributed by atoms with E-state index in [2.05, 4.69) is 31.0 Å². The largest absolute Gasteiger partial charge is 2.00 e. The molecule has 0 spiro atoms. The minimum Gasteiger partial charge on any atom is -0.657 e. The van der Waals surface area contributed by atoms with E-state index < -0.39 is 0 Å². The van der Waals surface area contributed by atoms with Crippen molar-refractivity contribution in [2.75, 3.05) is 14.2 Å². The Balaban J connectivity index is 0.00000401. The molecule has 1 aliphatic rings. The number of aryl methyl sites for hydroxylation is 4. The fraction of sp³-hybridized carbons (Fsp3) is 0.289. The van der Waals surface area contributed by atoms with Crippen LogP contribution in [0.3, 0.4) is 0 Å². The first-order chi connectivity index (χ1) is 22.7. The van der Waals surface area contributed by atoms with Gasteiger partial charge < -0.3 is 19.4 Å². The summed E-state index contributed by atoms with van der Waals surface area (Å²) in [7, 11) is 2.80. The van der Waals surface area contributed by atoms with Crippen molar-refractivity contribution >= 4 is 77.9 Å². The molecule has 0 aliphatic carbocycles. The Bertz CT molecular complexity index is 2400. The Hall–Kier alpha value is -4.82. The molecule has 1 aromatic carbocycles. The van der Waals surface area contributed by atoms with Gasteiger partial charge in [-0.15, -0.1) is 22.1 Å². The Morgan fingerprint density at radius 1 is 0.750 bits per heavy atom. The Morgan fingerprint density at radius 3 is 2.19 bits per heavy atom. The van der Waals surface area contributed by atoms with Gasteiger partial charge in [-0.25, -0.2) is 9.97 Å². The molecule has 0 radical (unpaired) electrons. The number of benzene rings is 1. The number of aromatic nitrogens is 5. The standard InChI is InChI=1S/C38H35N5O4.Ni/c1-7-22-21(4)37-26-8-11-27-36-25(14-15-39-27)33(43-38(26)36)17-29-20(3)24(10-13-35(45)47-6)32(41-29)18-31-23(9-12-34(44)46-5)19(2)28(40-31)16-30(22)42-37;/h8,11,14-18H,7,9-10,12-13H2,1-6H3;/q-2;+2. The minimum atomic E-state index is -0.288. The summed E-state index contributed by atoms with van der Waals surface area (Å²) in [6.07, 6.45) is 3.98. The topological polar surface area (TPSA) is 119 Å². The third-order valence-corrected chi connectivity index (χ3v) is 9.55. The van der Waals surface area contributed by atoms with Crippen molar-refractivity contribution in [3.8, 4) is 0 Å². The van der Waals surface area contributed by atoms with E-state index in [4.69, 9.17) is 29.4 Å². The molecule has 0 N–H and O–H groups in total. The smallest absolute Gasteiger partial charge is 0.657 e. The number of nitrogens with zero attached hydrogens (tertiary/aromatic N) is 5. The Kier molecular flexibility index (Phi) is 8.96. The van der Waals surface area contributed by atoms with Gasteiger partial charge in [0, 0.05) is 29.8 Å². The van der Waals surface area contributed by atoms with Gasteiger partial charge in [0.25, 0.3) is 0 Å². The fourth-order valence-electron chi connectivity index (χ4n) is 6.93. The van der Waals surface area contributed by atoms with Crippen LogP contribution >= 0.6 is 0 Å². The molecule has 246 valence electrons. The molecule has 0 saturated carbocycles. The predicted molar refractivity (Wildman–Crippen MR) is 185 cm³/mol. The molecule has 0 fully saturated rings. The number of pyridine rings is 1. The van der Waals surface area contributed by atoms with Crippen LogP contribution in [0, 0.1) is 13.8 Å². The number of allylic oxidation sites excluding steroid dienone is 2. The van der Waals surface area contributed by atoms with Crippen LogP contribution in [-0.2, 0) is 48.4 Å². The fourth-order valence-corrected chi connectivity index (χ4v) is 6.93. The monoisotopic (exact) mass is 683 g/mol. The van der Waals surface area contributed by atoms with Crippen LogP contribution in [0.25, 0.3) is 65.9 Å². The number of rotatable bonds is 7. The average molecular weight is 684 g/mol. The van der Waals surface area contributed by atoms with Crippen LogP contribution in [-0.4, -0.2) is 41.1 Å². The molecule has 0 unspecified atom stereocenters. The zero-order valence-corrected chi connectivity index (χ0v) is 28.7. The normalized spacial score (nSPS) is 12.3. The Labute approximate surface area is 287 Å². The number of carbonyl (C=O) groups is 2. The molecular formula is C38H35N5NiO4. The van der Waals surface area contributed by atoms with Crippen molar-refractivity contribution in [3.63, 3.8) is 0 Å². The molecular weight excluding hydrogens is 649 g/mol. The average Bonchev–Trinajstić information content (AvgIpc) is 3.77. The number of esters is 2. The van der Waals surface area contributed by atoms with Crippen LogP contribution in [0.2, 0.25) is 0 Å². The van der Waals surface area contributed by atoms with E-state index in [0.717, 1.165) is 106 Å². The van der Waals surface area contributed by atoms with E-state index in [1.54, 1.807) is 0 Å². The van der Waals surface area contributed by atoms with Crippen LogP contribution in [0.4, 0.5) is 0 Å². The first-order valence-corrected chi connectivity index (χ1v) is 15.9. The molecule has 5 aromatic heterocycles. The predicted octanol–water partition coefficient (Wildman–Crippen LogP) is 7.16. The SMILES string of the molecule is CCc1c(C)c2[n-]c1cc1nc(cc3[n-]c(cc4nc5c2ccc2nccc4c25)c(C)c3CCC(=O)OC)C(CCC(=O)OC)=C1C.[Ni+2]. The van der Waals surface area contributed by atoms with Crippen molar-refractivity contribution in [2.45, 2.75) is 59.8 Å². The summed E-state index contributed by atoms with van der Waals surface area (Å²) in [5, 5.41) is 2.96. The van der Waals surface area contributed by atoms with Crippen molar-refractivity contribution in [1.29, 1.82) is 0 Å². The minimum absolute atomic E-state index is 0. The number of hydrogen-bond acceptors (Lipinski definition) is 7. The van der Waals surface area contributed by atoms with Gasteiger partial charge >= 0.3 is 28.4 Å². The van der Waals surface area contributed by atoms with Crippen LogP contribution in [0.1, 0.15) is 66.8 Å². The van der Waals surface area contributed by atoms with Crippen LogP contribution in [0.15, 0.2) is 42.6 Å². The summed E-state index contributed by atoms with van der Waals surface area (Å²) < 4.78 is 9.94. The third kappa shape index (κ3) is 5.48. The van der Waals surface area contributed by atoms with E-state index in [1.165, 1.54) is 14.2 Å². The van der Waals surface area contributed by atoms with Gasteiger partial charge in [-0.3, -0.25) is 14.6 Å². The quantitative estimate of drug-likeness (QED) is 0.128. The molecule has 0 saturated heterocycles. The van der Waals surface area contributed by atoms with Gasteiger partial charge in [-0.2, -0.15) is 0 Å². The van der Waals surface area contributed by atoms with E-state index in [9.17, 15) is 9.59 Å². The van der Waals surface area contributed by atoms with Gasteiger partial charge in [0.1, 0.15) is 0 Å². The maximum Gasteiger partial charge on any atom is 2.00 e. The maximum atomic E-state index is 12.2. The van der Waals surface area contributed by atoms with Gasteiger partial charge in [-0.1, -0.05) is 53.4 Å². The molecule has 1 aliphatic heterocycles. The summed E-state index contributed by atoms with van der Waals surface area (Å²) >= 11 is 0. The molecule has 6 aromatic rings. The zero-order chi connectivity index (χ0) is 33.0. The molecule has 0 amide bonds. The van der Waals surface area contributed by atoms with Crippen LogP contribution in [0.5, 0.6) is 0 Å². The second-order valence-electron chi connectivity index (χ2n) is 12.1. The molecule has 10 heteroatoms. The second-order valence-corrected chi connectivity index (χ2v) is 12.1. The van der Waals surface area contributed by atoms with Gasteiger partial charge in [0.15, 0.2) is 0 Å². The van der Waals surface area contributed by atoms with Gasteiger partial charge in [0.2, 0.25) is 0 Å². The number of ether oxygens (including phenoxy) is 2. The third-order valence-electron chi connectivity index (χ3n) is 9.55. The summed E-state index contributed by atoms with van der Waals surface area (Å²) in [5.74, 6) is -0.571. The van der Waals surface area contributed by atoms with Gasteiger partial charge in [0.05, 0.1) is 42.2 Å². The van der Waals surface area contributed by atoms with Crippen molar-refractivity contribution in [3.05, 3.63) is 76.2 Å². The number of hydrogen-bond donors (Lipinski definition) is 0. The number of fused-ring (bicyclic) bond motifs is 9. The maximum absolute atomic E-state index is 12.2. The molecule has 6 heterocycles. The van der Waals surface area contributed by atoms with Crippen molar-refractivity contribution in [1.82, 2.24) is 24.9 Å². The molecule has 0 atom stereocenters. The Morgan fingerprint density at radius 2 is 1.46 bits per heavy atom. The molecule has 7 rings (SSSR count). The first kappa shape index (κ1) is 33.1. The van der Waals surface area contributed by atoms with Gasteiger partial charge in [-0.05, 0) is 68.7 Å². The molecule has 9 nitrogen and oxygen atoms in total. The molecule has 8 bridgehead atoms. The van der Waals surface area contributed by atoms with E-state index in [-0.39, 0.29) is 41.3 Å². The number of methoxy groups -OCH3 is 2. The van der Waals surface area contributed by atoms with Crippen molar-refractivity contribution < 1.29 is 35.6 Å². The summed E-state index contributed by atoms with van der Waals surface area (Å²) in [6, 6.07) is 12.2. The first-order valence-electron chi connectivity index (χ1n) is 15.9.